The van der Waals surface area contributed by atoms with Gasteiger partial charge in [-0.2, -0.15) is 13.2 Å². The summed E-state index contributed by atoms with van der Waals surface area (Å²) in [4.78, 5) is 11.8. The summed E-state index contributed by atoms with van der Waals surface area (Å²) in [6, 6.07) is 3.71. The van der Waals surface area contributed by atoms with Crippen molar-refractivity contribution >= 4 is 11.5 Å². The number of ether oxygens (including phenoxy) is 1. The van der Waals surface area contributed by atoms with Crippen LogP contribution >= 0.6 is 0 Å². The molecule has 0 spiro atoms. The molecule has 0 N–H and O–H groups in total. The highest BCUT2D eigenvalue weighted by Crippen LogP contribution is 2.47. The van der Waals surface area contributed by atoms with Crippen LogP contribution in [0.5, 0.6) is 0 Å². The average Bonchev–Trinajstić information content (AvgIpc) is 2.54. The number of hydrogen-bond acceptors (Lipinski definition) is 2. The van der Waals surface area contributed by atoms with E-state index in [4.69, 9.17) is 0 Å². The molecule has 0 saturated carbocycles. The Bertz CT molecular complexity index is 616. The van der Waals surface area contributed by atoms with Gasteiger partial charge in [0.05, 0.1) is 5.57 Å². The normalized spacial score (nSPS) is 23.2. The van der Waals surface area contributed by atoms with Crippen LogP contribution in [0.15, 0.2) is 23.8 Å². The van der Waals surface area contributed by atoms with E-state index in [1.165, 1.54) is 26.0 Å². The number of carbonyl (C=O) groups is 1. The molecule has 0 bridgehead atoms. The van der Waals surface area contributed by atoms with Crippen molar-refractivity contribution in [3.63, 3.8) is 0 Å². The van der Waals surface area contributed by atoms with E-state index >= 15 is 0 Å². The molecule has 0 fully saturated rings. The first kappa shape index (κ1) is 14.6. The number of halogens is 4. The molecule has 1 atom stereocenters. The van der Waals surface area contributed by atoms with Crippen LogP contribution in [0.3, 0.4) is 0 Å². The summed E-state index contributed by atoms with van der Waals surface area (Å²) in [5, 5.41) is 0. The molecule has 1 aromatic carbocycles. The molecule has 0 amide bonds. The lowest BCUT2D eigenvalue weighted by Gasteiger charge is -2.27. The highest BCUT2D eigenvalue weighted by Gasteiger charge is 2.60. The van der Waals surface area contributed by atoms with Crippen molar-refractivity contribution in [2.24, 2.45) is 0 Å². The number of benzene rings is 1. The van der Waals surface area contributed by atoms with Crippen LogP contribution in [0.2, 0.25) is 0 Å². The zero-order valence-electron chi connectivity index (χ0n) is 11.1. The second kappa shape index (κ2) is 4.33. The quantitative estimate of drug-likeness (QED) is 0.580. The van der Waals surface area contributed by atoms with Crippen molar-refractivity contribution in [1.82, 2.24) is 0 Å². The molecule has 108 valence electrons. The van der Waals surface area contributed by atoms with Gasteiger partial charge in [0.15, 0.2) is 0 Å². The topological polar surface area (TPSA) is 26.3 Å². The highest BCUT2D eigenvalue weighted by molar-refractivity contribution is 6.20. The third-order valence-electron chi connectivity index (χ3n) is 3.58. The van der Waals surface area contributed by atoms with Gasteiger partial charge in [0.1, 0.15) is 5.82 Å². The van der Waals surface area contributed by atoms with Crippen molar-refractivity contribution in [3.8, 4) is 0 Å². The Hall–Kier alpha value is -1.85. The largest absolute Gasteiger partial charge is 0.441 e. The van der Waals surface area contributed by atoms with Gasteiger partial charge < -0.3 is 4.74 Å². The van der Waals surface area contributed by atoms with Crippen molar-refractivity contribution in [2.75, 3.05) is 0 Å². The second-order valence-corrected chi connectivity index (χ2v) is 4.88. The molecule has 2 rings (SSSR count). The number of alkyl halides is 3. The van der Waals surface area contributed by atoms with Gasteiger partial charge in [-0.3, -0.25) is 0 Å². The molecule has 0 unspecified atom stereocenters. The van der Waals surface area contributed by atoms with Crippen molar-refractivity contribution < 1.29 is 27.1 Å². The monoisotopic (exact) mass is 288 g/mol. The smallest absolute Gasteiger partial charge is 0.432 e. The number of esters is 1. The lowest BCUT2D eigenvalue weighted by atomic mass is 9.91. The Labute approximate surface area is 113 Å². The molecule has 0 saturated heterocycles. The summed E-state index contributed by atoms with van der Waals surface area (Å²) >= 11 is 0. The SMILES string of the molecule is CC1=C(c2ccc(F)c(C)c2)C(=O)O[C@@]1(C)C(F)(F)F. The summed E-state index contributed by atoms with van der Waals surface area (Å²) in [5.41, 5.74) is -2.55. The minimum absolute atomic E-state index is 0.159. The maximum absolute atomic E-state index is 13.2. The van der Waals surface area contributed by atoms with E-state index in [2.05, 4.69) is 4.74 Å². The molecular weight excluding hydrogens is 276 g/mol. The molecule has 0 aliphatic carbocycles. The molecule has 1 aliphatic rings. The van der Waals surface area contributed by atoms with E-state index in [1.807, 2.05) is 0 Å². The van der Waals surface area contributed by atoms with Crippen LogP contribution in [0.1, 0.15) is 25.0 Å². The molecular formula is C14H12F4O2. The summed E-state index contributed by atoms with van der Waals surface area (Å²) < 4.78 is 56.8. The second-order valence-electron chi connectivity index (χ2n) is 4.88. The van der Waals surface area contributed by atoms with Crippen molar-refractivity contribution in [2.45, 2.75) is 32.5 Å². The minimum atomic E-state index is -4.70. The molecule has 1 aliphatic heterocycles. The predicted octanol–water partition coefficient (Wildman–Crippen LogP) is 3.79. The van der Waals surface area contributed by atoms with Gasteiger partial charge in [0.25, 0.3) is 0 Å². The fraction of sp³-hybridized carbons (Fsp3) is 0.357. The van der Waals surface area contributed by atoms with Gasteiger partial charge >= 0.3 is 12.1 Å². The molecule has 2 nitrogen and oxygen atoms in total. The number of cyclic esters (lactones) is 1. The maximum atomic E-state index is 13.2. The zero-order valence-corrected chi connectivity index (χ0v) is 11.1. The lowest BCUT2D eigenvalue weighted by molar-refractivity contribution is -0.242. The fourth-order valence-electron chi connectivity index (χ4n) is 2.11. The van der Waals surface area contributed by atoms with Gasteiger partial charge in [-0.25, -0.2) is 9.18 Å². The summed E-state index contributed by atoms with van der Waals surface area (Å²) in [6.07, 6.45) is -4.70. The van der Waals surface area contributed by atoms with Gasteiger partial charge in [-0.05, 0) is 49.6 Å². The molecule has 20 heavy (non-hydrogen) atoms. The molecule has 1 aromatic rings. The number of hydrogen-bond donors (Lipinski definition) is 0. The van der Waals surface area contributed by atoms with E-state index in [9.17, 15) is 22.4 Å². The van der Waals surface area contributed by atoms with E-state index in [1.54, 1.807) is 0 Å². The van der Waals surface area contributed by atoms with E-state index in [0.717, 1.165) is 13.0 Å². The van der Waals surface area contributed by atoms with Gasteiger partial charge in [-0.15, -0.1) is 0 Å². The van der Waals surface area contributed by atoms with Crippen LogP contribution in [0, 0.1) is 12.7 Å². The van der Waals surface area contributed by atoms with Crippen LogP contribution in [0.25, 0.3) is 5.57 Å². The number of rotatable bonds is 1. The Morgan fingerprint density at radius 3 is 2.25 bits per heavy atom. The van der Waals surface area contributed by atoms with Crippen LogP contribution < -0.4 is 0 Å². The van der Waals surface area contributed by atoms with Crippen LogP contribution in [-0.2, 0) is 9.53 Å². The van der Waals surface area contributed by atoms with Crippen molar-refractivity contribution in [3.05, 3.63) is 40.7 Å². The number of aryl methyl sites for hydroxylation is 1. The van der Waals surface area contributed by atoms with Crippen molar-refractivity contribution in [1.29, 1.82) is 0 Å². The van der Waals surface area contributed by atoms with Gasteiger partial charge in [-0.1, -0.05) is 6.07 Å². The minimum Gasteiger partial charge on any atom is -0.441 e. The standard InChI is InChI=1S/C14H12F4O2/c1-7-6-9(4-5-10(7)15)11-8(2)13(3,14(16,17)18)20-12(11)19/h4-6H,1-3H3/t13-/m1/s1. The molecule has 1 heterocycles. The molecule has 0 aromatic heterocycles. The molecule has 6 heteroatoms. The van der Waals surface area contributed by atoms with Gasteiger partial charge in [0, 0.05) is 0 Å². The predicted molar refractivity (Wildman–Crippen MR) is 64.3 cm³/mol. The highest BCUT2D eigenvalue weighted by atomic mass is 19.4. The first-order chi connectivity index (χ1) is 9.08. The number of carbonyl (C=O) groups excluding carboxylic acids is 1. The van der Waals surface area contributed by atoms with Crippen LogP contribution in [-0.4, -0.2) is 17.7 Å². The van der Waals surface area contributed by atoms with E-state index in [0.29, 0.717) is 0 Å². The summed E-state index contributed by atoms with van der Waals surface area (Å²) in [7, 11) is 0. The summed E-state index contributed by atoms with van der Waals surface area (Å²) in [6.45, 7) is 3.48. The Balaban J connectivity index is 2.60. The average molecular weight is 288 g/mol. The third kappa shape index (κ3) is 1.99. The maximum Gasteiger partial charge on any atom is 0.432 e. The lowest BCUT2D eigenvalue weighted by Crippen LogP contribution is -2.43. The Morgan fingerprint density at radius 2 is 1.80 bits per heavy atom. The first-order valence-electron chi connectivity index (χ1n) is 5.86. The van der Waals surface area contributed by atoms with Gasteiger partial charge in [0.2, 0.25) is 5.60 Å². The zero-order chi connectivity index (χ0) is 15.3. The third-order valence-corrected chi connectivity index (χ3v) is 3.58. The fourth-order valence-corrected chi connectivity index (χ4v) is 2.11. The first-order valence-corrected chi connectivity index (χ1v) is 5.86. The summed E-state index contributed by atoms with van der Waals surface area (Å²) in [5.74, 6) is -1.54. The Kier molecular flexibility index (Phi) is 3.15. The van der Waals surface area contributed by atoms with Crippen LogP contribution in [0.4, 0.5) is 17.6 Å². The molecule has 0 radical (unpaired) electrons. The van der Waals surface area contributed by atoms with E-state index in [-0.39, 0.29) is 22.3 Å². The van der Waals surface area contributed by atoms with E-state index < -0.39 is 23.6 Å². The Morgan fingerprint density at radius 1 is 1.20 bits per heavy atom.